The normalized spacial score (nSPS) is 10.8. The van der Waals surface area contributed by atoms with Gasteiger partial charge < -0.3 is 4.74 Å². The molecule has 0 saturated carbocycles. The summed E-state index contributed by atoms with van der Waals surface area (Å²) >= 11 is 3.11. The van der Waals surface area contributed by atoms with E-state index in [1.54, 1.807) is 6.92 Å². The number of hydrogen-bond acceptors (Lipinski definition) is 2. The summed E-state index contributed by atoms with van der Waals surface area (Å²) < 4.78 is 30.9. The van der Waals surface area contributed by atoms with Crippen molar-refractivity contribution < 1.29 is 18.3 Å². The van der Waals surface area contributed by atoms with Gasteiger partial charge in [-0.05, 0) is 24.6 Å². The standard InChI is InChI=1S/C12H11BrF2O2/c1-2-17-12(16)5-3-4-8-6-10(14)11(15)7-9(8)13/h3-4,6-7H,2,5H2,1H3. The molecule has 1 rings (SSSR count). The molecule has 1 aromatic rings. The van der Waals surface area contributed by atoms with Crippen molar-refractivity contribution in [2.45, 2.75) is 13.3 Å². The third-order valence-electron chi connectivity index (χ3n) is 1.93. The molecule has 17 heavy (non-hydrogen) atoms. The highest BCUT2D eigenvalue weighted by atomic mass is 79.9. The molecule has 0 aromatic heterocycles. The quantitative estimate of drug-likeness (QED) is 0.626. The lowest BCUT2D eigenvalue weighted by Gasteiger charge is -2.00. The van der Waals surface area contributed by atoms with E-state index in [1.807, 2.05) is 0 Å². The monoisotopic (exact) mass is 304 g/mol. The molecule has 2 nitrogen and oxygen atoms in total. The van der Waals surface area contributed by atoms with Gasteiger partial charge >= 0.3 is 5.97 Å². The number of benzene rings is 1. The Labute approximate surface area is 106 Å². The second-order valence-corrected chi connectivity index (χ2v) is 4.05. The van der Waals surface area contributed by atoms with E-state index in [0.29, 0.717) is 16.6 Å². The molecule has 0 N–H and O–H groups in total. The van der Waals surface area contributed by atoms with Crippen molar-refractivity contribution in [3.05, 3.63) is 39.9 Å². The van der Waals surface area contributed by atoms with E-state index in [9.17, 15) is 13.6 Å². The third-order valence-corrected chi connectivity index (χ3v) is 2.61. The molecule has 0 bridgehead atoms. The number of rotatable bonds is 4. The number of carbonyl (C=O) groups excluding carboxylic acids is 1. The summed E-state index contributed by atoms with van der Waals surface area (Å²) in [5, 5.41) is 0. The number of hydrogen-bond donors (Lipinski definition) is 0. The fraction of sp³-hybridized carbons (Fsp3) is 0.250. The highest BCUT2D eigenvalue weighted by molar-refractivity contribution is 9.10. The van der Waals surface area contributed by atoms with Gasteiger partial charge in [-0.2, -0.15) is 0 Å². The first-order valence-electron chi connectivity index (χ1n) is 5.01. The average molecular weight is 305 g/mol. The van der Waals surface area contributed by atoms with Crippen LogP contribution in [0.4, 0.5) is 8.78 Å². The Morgan fingerprint density at radius 1 is 1.41 bits per heavy atom. The Balaban J connectivity index is 2.71. The lowest BCUT2D eigenvalue weighted by atomic mass is 10.2. The first kappa shape index (κ1) is 13.8. The Bertz CT molecular complexity index is 444. The van der Waals surface area contributed by atoms with E-state index < -0.39 is 11.6 Å². The summed E-state index contributed by atoms with van der Waals surface area (Å²) in [4.78, 5) is 11.0. The summed E-state index contributed by atoms with van der Waals surface area (Å²) in [5.41, 5.74) is 0.466. The van der Waals surface area contributed by atoms with Gasteiger partial charge in [0.25, 0.3) is 0 Å². The maximum Gasteiger partial charge on any atom is 0.309 e. The summed E-state index contributed by atoms with van der Waals surface area (Å²) in [6, 6.07) is 2.10. The molecule has 0 atom stereocenters. The minimum atomic E-state index is -0.927. The van der Waals surface area contributed by atoms with E-state index in [-0.39, 0.29) is 12.4 Å². The van der Waals surface area contributed by atoms with E-state index >= 15 is 0 Å². The zero-order valence-electron chi connectivity index (χ0n) is 9.17. The number of esters is 1. The first-order chi connectivity index (χ1) is 8.04. The molecular weight excluding hydrogens is 294 g/mol. The molecule has 0 amide bonds. The Morgan fingerprint density at radius 2 is 2.06 bits per heavy atom. The molecule has 0 spiro atoms. The molecule has 1 aromatic carbocycles. The SMILES string of the molecule is CCOC(=O)CC=Cc1cc(F)c(F)cc1Br. The van der Waals surface area contributed by atoms with Gasteiger partial charge in [-0.3, -0.25) is 4.79 Å². The third kappa shape index (κ3) is 4.26. The highest BCUT2D eigenvalue weighted by Gasteiger charge is 2.06. The van der Waals surface area contributed by atoms with Crippen LogP contribution in [0.1, 0.15) is 18.9 Å². The summed E-state index contributed by atoms with van der Waals surface area (Å²) in [5.74, 6) is -2.20. The molecule has 0 radical (unpaired) electrons. The molecule has 5 heteroatoms. The van der Waals surface area contributed by atoms with Crippen molar-refractivity contribution in [3.63, 3.8) is 0 Å². The van der Waals surface area contributed by atoms with Crippen LogP contribution in [-0.2, 0) is 9.53 Å². The van der Waals surface area contributed by atoms with Crippen LogP contribution >= 0.6 is 15.9 Å². The summed E-state index contributed by atoms with van der Waals surface area (Å²) in [7, 11) is 0. The van der Waals surface area contributed by atoms with Crippen LogP contribution in [0.3, 0.4) is 0 Å². The maximum absolute atomic E-state index is 12.9. The number of carbonyl (C=O) groups is 1. The summed E-state index contributed by atoms with van der Waals surface area (Å²) in [6.07, 6.45) is 3.16. The van der Waals surface area contributed by atoms with E-state index in [4.69, 9.17) is 4.74 Å². The van der Waals surface area contributed by atoms with Crippen LogP contribution in [0, 0.1) is 11.6 Å². The Kier molecular flexibility index (Phi) is 5.28. The molecule has 0 saturated heterocycles. The van der Waals surface area contributed by atoms with Crippen molar-refractivity contribution in [3.8, 4) is 0 Å². The first-order valence-corrected chi connectivity index (χ1v) is 5.80. The molecule has 0 unspecified atom stereocenters. The van der Waals surface area contributed by atoms with Gasteiger partial charge in [-0.25, -0.2) is 8.78 Å². The Morgan fingerprint density at radius 3 is 2.71 bits per heavy atom. The largest absolute Gasteiger partial charge is 0.466 e. The van der Waals surface area contributed by atoms with Crippen LogP contribution in [0.15, 0.2) is 22.7 Å². The topological polar surface area (TPSA) is 26.3 Å². The van der Waals surface area contributed by atoms with E-state index in [0.717, 1.165) is 12.1 Å². The number of ether oxygens (including phenoxy) is 1. The minimum absolute atomic E-state index is 0.0965. The zero-order valence-corrected chi connectivity index (χ0v) is 10.8. The van der Waals surface area contributed by atoms with Gasteiger partial charge in [0.2, 0.25) is 0 Å². The van der Waals surface area contributed by atoms with Crippen molar-refractivity contribution >= 4 is 28.0 Å². The van der Waals surface area contributed by atoms with Crippen molar-refractivity contribution in [2.75, 3.05) is 6.61 Å². The molecule has 0 aliphatic carbocycles. The fourth-order valence-corrected chi connectivity index (χ4v) is 1.62. The fourth-order valence-electron chi connectivity index (χ4n) is 1.17. The van der Waals surface area contributed by atoms with E-state index in [2.05, 4.69) is 15.9 Å². The molecule has 0 aliphatic rings. The van der Waals surface area contributed by atoms with E-state index in [1.165, 1.54) is 12.2 Å². The van der Waals surface area contributed by atoms with Gasteiger partial charge in [0, 0.05) is 4.47 Å². The number of halogens is 3. The van der Waals surface area contributed by atoms with Crippen LogP contribution in [0.5, 0.6) is 0 Å². The van der Waals surface area contributed by atoms with Crippen LogP contribution < -0.4 is 0 Å². The predicted molar refractivity (Wildman–Crippen MR) is 64.3 cm³/mol. The summed E-state index contributed by atoms with van der Waals surface area (Å²) in [6.45, 7) is 2.04. The average Bonchev–Trinajstić information content (AvgIpc) is 2.26. The molecule has 0 aliphatic heterocycles. The molecule has 0 fully saturated rings. The second-order valence-electron chi connectivity index (χ2n) is 3.20. The molecule has 92 valence electrons. The highest BCUT2D eigenvalue weighted by Crippen LogP contribution is 2.21. The minimum Gasteiger partial charge on any atom is -0.466 e. The van der Waals surface area contributed by atoms with Gasteiger partial charge in [0.05, 0.1) is 13.0 Å². The lowest BCUT2D eigenvalue weighted by Crippen LogP contribution is -2.01. The van der Waals surface area contributed by atoms with Crippen LogP contribution in [-0.4, -0.2) is 12.6 Å². The van der Waals surface area contributed by atoms with Gasteiger partial charge in [-0.1, -0.05) is 28.1 Å². The predicted octanol–water partition coefficient (Wildman–Crippen LogP) is 3.69. The van der Waals surface area contributed by atoms with Gasteiger partial charge in [-0.15, -0.1) is 0 Å². The van der Waals surface area contributed by atoms with Crippen LogP contribution in [0.25, 0.3) is 6.08 Å². The second kappa shape index (κ2) is 6.49. The van der Waals surface area contributed by atoms with Gasteiger partial charge in [0.15, 0.2) is 11.6 Å². The Hall–Kier alpha value is -1.23. The van der Waals surface area contributed by atoms with Crippen molar-refractivity contribution in [2.24, 2.45) is 0 Å². The zero-order chi connectivity index (χ0) is 12.8. The molecular formula is C12H11BrF2O2. The lowest BCUT2D eigenvalue weighted by molar-refractivity contribution is -0.142. The van der Waals surface area contributed by atoms with Crippen LogP contribution in [0.2, 0.25) is 0 Å². The maximum atomic E-state index is 12.9. The molecule has 0 heterocycles. The van der Waals surface area contributed by atoms with Crippen molar-refractivity contribution in [1.29, 1.82) is 0 Å². The smallest absolute Gasteiger partial charge is 0.309 e. The van der Waals surface area contributed by atoms with Crippen molar-refractivity contribution in [1.82, 2.24) is 0 Å². The van der Waals surface area contributed by atoms with Gasteiger partial charge in [0.1, 0.15) is 0 Å².